The quantitative estimate of drug-likeness (QED) is 0.477. The molecule has 10 heteroatoms. The van der Waals surface area contributed by atoms with Crippen LogP contribution in [0.5, 0.6) is 0 Å². The molecule has 10 nitrogen and oxygen atoms in total. The molecule has 0 fully saturated rings. The summed E-state index contributed by atoms with van der Waals surface area (Å²) in [4.78, 5) is 4.03. The Kier molecular flexibility index (Phi) is 8.72. The maximum atomic E-state index is 4.31. The van der Waals surface area contributed by atoms with Crippen LogP contribution in [0.25, 0.3) is 0 Å². The van der Waals surface area contributed by atoms with Gasteiger partial charge in [0.05, 0.1) is 49.5 Å². The van der Waals surface area contributed by atoms with E-state index in [1.165, 1.54) is 0 Å². The van der Waals surface area contributed by atoms with Gasteiger partial charge in [-0.3, -0.25) is 31.5 Å². The third-order valence-corrected chi connectivity index (χ3v) is 3.40. The molecular formula is C14H30N10. The van der Waals surface area contributed by atoms with E-state index in [2.05, 4.69) is 42.1 Å². The van der Waals surface area contributed by atoms with Crippen molar-refractivity contribution in [2.75, 3.05) is 40.8 Å². The first-order chi connectivity index (χ1) is 11.4. The summed E-state index contributed by atoms with van der Waals surface area (Å²) in [7, 11) is 3.93. The average molecular weight is 338 g/mol. The molecule has 0 aromatic carbocycles. The Hall–Kier alpha value is -2.20. The number of hydrazone groups is 4. The second-order valence-corrected chi connectivity index (χ2v) is 5.77. The first-order valence-corrected chi connectivity index (χ1v) is 7.86. The van der Waals surface area contributed by atoms with E-state index in [1.54, 1.807) is 0 Å². The summed E-state index contributed by atoms with van der Waals surface area (Å²) in [5.41, 5.74) is 15.4. The summed E-state index contributed by atoms with van der Waals surface area (Å²) in [6.45, 7) is 10.0. The van der Waals surface area contributed by atoms with Crippen LogP contribution in [-0.2, 0) is 0 Å². The number of nitrogens with zero attached hydrogens (tertiary/aromatic N) is 6. The summed E-state index contributed by atoms with van der Waals surface area (Å²) in [5.74, 6) is 0. The standard InChI is InChI=1S/C14H30N10/c1-11-12(2)20-16-8-24(6)10-18-22-14(4)13(3)21-17-9-23(5)7-15-19-11/h15-18H,7-10H2,1-6H3/b19-11+,20-12+,21-13+,22-14+. The van der Waals surface area contributed by atoms with Crippen LogP contribution in [0.4, 0.5) is 0 Å². The normalized spacial score (nSPS) is 29.2. The Morgan fingerprint density at radius 1 is 0.542 bits per heavy atom. The van der Waals surface area contributed by atoms with Crippen molar-refractivity contribution in [2.24, 2.45) is 20.4 Å². The van der Waals surface area contributed by atoms with E-state index < -0.39 is 0 Å². The maximum Gasteiger partial charge on any atom is 0.0860 e. The highest BCUT2D eigenvalue weighted by molar-refractivity contribution is 6.40. The largest absolute Gasteiger partial charge is 0.295 e. The van der Waals surface area contributed by atoms with Gasteiger partial charge < -0.3 is 0 Å². The number of hydrogen-bond donors (Lipinski definition) is 4. The summed E-state index contributed by atoms with van der Waals surface area (Å²) < 4.78 is 0. The molecule has 0 unspecified atom stereocenters. The van der Waals surface area contributed by atoms with Gasteiger partial charge in [0.2, 0.25) is 0 Å². The van der Waals surface area contributed by atoms with Crippen LogP contribution in [0, 0.1) is 0 Å². The van der Waals surface area contributed by atoms with Gasteiger partial charge in [-0.25, -0.2) is 0 Å². The Morgan fingerprint density at radius 2 is 0.750 bits per heavy atom. The zero-order valence-corrected chi connectivity index (χ0v) is 15.5. The molecule has 1 aliphatic heterocycles. The summed E-state index contributed by atoms with van der Waals surface area (Å²) >= 11 is 0. The van der Waals surface area contributed by atoms with Gasteiger partial charge in [-0.15, -0.1) is 0 Å². The van der Waals surface area contributed by atoms with Crippen LogP contribution >= 0.6 is 0 Å². The zero-order valence-electron chi connectivity index (χ0n) is 15.5. The summed E-state index contributed by atoms with van der Waals surface area (Å²) in [5, 5.41) is 17.2. The van der Waals surface area contributed by atoms with Crippen LogP contribution in [0.15, 0.2) is 20.4 Å². The van der Waals surface area contributed by atoms with Gasteiger partial charge in [0, 0.05) is 0 Å². The van der Waals surface area contributed by atoms with E-state index >= 15 is 0 Å². The van der Waals surface area contributed by atoms with E-state index in [0.717, 1.165) is 22.8 Å². The number of hydrogen-bond acceptors (Lipinski definition) is 10. The topological polar surface area (TPSA) is 104 Å². The predicted molar refractivity (Wildman–Crippen MR) is 100.0 cm³/mol. The Labute approximate surface area is 144 Å². The zero-order chi connectivity index (χ0) is 17.9. The van der Waals surface area contributed by atoms with Gasteiger partial charge in [-0.1, -0.05) is 0 Å². The minimum atomic E-state index is 0.594. The fourth-order valence-electron chi connectivity index (χ4n) is 1.53. The second-order valence-electron chi connectivity index (χ2n) is 5.77. The van der Waals surface area contributed by atoms with Crippen molar-refractivity contribution < 1.29 is 0 Å². The first kappa shape index (κ1) is 19.8. The lowest BCUT2D eigenvalue weighted by molar-refractivity contribution is 0.288. The van der Waals surface area contributed by atoms with Crippen molar-refractivity contribution in [2.45, 2.75) is 27.7 Å². The number of rotatable bonds is 0. The highest BCUT2D eigenvalue weighted by Crippen LogP contribution is 1.86. The smallest absolute Gasteiger partial charge is 0.0860 e. The van der Waals surface area contributed by atoms with Gasteiger partial charge >= 0.3 is 0 Å². The second kappa shape index (κ2) is 10.6. The molecular weight excluding hydrogens is 308 g/mol. The maximum absolute atomic E-state index is 4.31. The molecule has 0 aromatic rings. The van der Waals surface area contributed by atoms with Crippen molar-refractivity contribution in [1.82, 2.24) is 31.5 Å². The molecule has 0 saturated carbocycles. The van der Waals surface area contributed by atoms with Crippen LogP contribution in [-0.4, -0.2) is 73.4 Å². The average Bonchev–Trinajstić information content (AvgIpc) is 2.53. The lowest BCUT2D eigenvalue weighted by Crippen LogP contribution is -2.37. The summed E-state index contributed by atoms with van der Waals surface area (Å²) in [6.07, 6.45) is 0. The lowest BCUT2D eigenvalue weighted by Gasteiger charge is -2.17. The van der Waals surface area contributed by atoms with Gasteiger partial charge in [0.25, 0.3) is 0 Å². The third-order valence-electron chi connectivity index (χ3n) is 3.40. The molecule has 4 N–H and O–H groups in total. The molecule has 0 amide bonds. The predicted octanol–water partition coefficient (Wildman–Crippen LogP) is -0.444. The molecule has 0 saturated heterocycles. The van der Waals surface area contributed by atoms with Crippen molar-refractivity contribution in [3.8, 4) is 0 Å². The fraction of sp³-hybridized carbons (Fsp3) is 0.714. The van der Waals surface area contributed by atoms with E-state index in [-0.39, 0.29) is 0 Å². The van der Waals surface area contributed by atoms with Gasteiger partial charge in [0.1, 0.15) is 0 Å². The van der Waals surface area contributed by atoms with Crippen LogP contribution in [0.2, 0.25) is 0 Å². The molecule has 1 heterocycles. The van der Waals surface area contributed by atoms with Gasteiger partial charge in [-0.2, -0.15) is 20.4 Å². The Balaban J connectivity index is 2.76. The van der Waals surface area contributed by atoms with E-state index in [0.29, 0.717) is 26.7 Å². The Morgan fingerprint density at radius 3 is 0.958 bits per heavy atom. The van der Waals surface area contributed by atoms with Gasteiger partial charge in [-0.05, 0) is 41.8 Å². The highest BCUT2D eigenvalue weighted by atomic mass is 15.5. The van der Waals surface area contributed by atoms with Crippen LogP contribution in [0.3, 0.4) is 0 Å². The highest BCUT2D eigenvalue weighted by Gasteiger charge is 2.02. The molecule has 0 aromatic heterocycles. The third kappa shape index (κ3) is 7.88. The molecule has 0 spiro atoms. The van der Waals surface area contributed by atoms with E-state index in [4.69, 9.17) is 0 Å². The molecule has 0 aliphatic carbocycles. The monoisotopic (exact) mass is 338 g/mol. The molecule has 0 radical (unpaired) electrons. The van der Waals surface area contributed by atoms with E-state index in [9.17, 15) is 0 Å². The van der Waals surface area contributed by atoms with Crippen molar-refractivity contribution in [1.29, 1.82) is 0 Å². The molecule has 136 valence electrons. The minimum absolute atomic E-state index is 0.594. The molecule has 24 heavy (non-hydrogen) atoms. The first-order valence-electron chi connectivity index (χ1n) is 7.86. The Bertz CT molecular complexity index is 418. The summed E-state index contributed by atoms with van der Waals surface area (Å²) in [6, 6.07) is 0. The fourth-order valence-corrected chi connectivity index (χ4v) is 1.53. The van der Waals surface area contributed by atoms with E-state index in [1.807, 2.05) is 51.6 Å². The van der Waals surface area contributed by atoms with Crippen LogP contribution in [0.1, 0.15) is 27.7 Å². The molecule has 1 aliphatic rings. The SMILES string of the molecule is CC1=N\NCN(C)CN/N=C(C)/C(C)=N/NCN(C)CN\N=C\1C. The van der Waals surface area contributed by atoms with Crippen molar-refractivity contribution >= 4 is 22.8 Å². The molecule has 0 atom stereocenters. The van der Waals surface area contributed by atoms with Crippen molar-refractivity contribution in [3.05, 3.63) is 0 Å². The number of nitrogens with one attached hydrogen (secondary N) is 4. The lowest BCUT2D eigenvalue weighted by atomic mass is 10.3. The van der Waals surface area contributed by atoms with Crippen molar-refractivity contribution in [3.63, 3.8) is 0 Å². The molecule has 1 rings (SSSR count). The van der Waals surface area contributed by atoms with Crippen LogP contribution < -0.4 is 21.7 Å². The molecule has 0 bridgehead atoms. The minimum Gasteiger partial charge on any atom is -0.295 e. The van der Waals surface area contributed by atoms with Gasteiger partial charge in [0.15, 0.2) is 0 Å².